The molecule has 0 fully saturated rings. The fourth-order valence-corrected chi connectivity index (χ4v) is 3.97. The summed E-state index contributed by atoms with van der Waals surface area (Å²) in [7, 11) is 0. The molecule has 4 rings (SSSR count). The molecule has 1 heterocycles. The van der Waals surface area contributed by atoms with Crippen molar-refractivity contribution in [2.75, 3.05) is 5.32 Å². The third kappa shape index (κ3) is 3.60. The Morgan fingerprint density at radius 3 is 2.60 bits per heavy atom. The van der Waals surface area contributed by atoms with E-state index in [1.165, 1.54) is 41.7 Å². The van der Waals surface area contributed by atoms with Gasteiger partial charge in [0.1, 0.15) is 0 Å². The molecular formula is C20H17ClN2OS. The molecule has 1 aromatic heterocycles. The predicted octanol–water partition coefficient (Wildman–Crippen LogP) is 5.59. The maximum Gasteiger partial charge on any atom is 0.257 e. The van der Waals surface area contributed by atoms with Gasteiger partial charge in [-0.15, -0.1) is 11.3 Å². The van der Waals surface area contributed by atoms with Crippen molar-refractivity contribution in [3.63, 3.8) is 0 Å². The Kier molecular flexibility index (Phi) is 4.55. The van der Waals surface area contributed by atoms with Gasteiger partial charge in [-0.25, -0.2) is 4.98 Å². The third-order valence-electron chi connectivity index (χ3n) is 4.48. The lowest BCUT2D eigenvalue weighted by molar-refractivity contribution is 0.102. The molecule has 0 spiro atoms. The third-order valence-corrected chi connectivity index (χ3v) is 5.49. The van der Waals surface area contributed by atoms with Crippen molar-refractivity contribution in [3.05, 3.63) is 69.6 Å². The van der Waals surface area contributed by atoms with E-state index in [-0.39, 0.29) is 5.91 Å². The molecule has 3 aromatic rings. The monoisotopic (exact) mass is 368 g/mol. The van der Waals surface area contributed by atoms with Crippen molar-refractivity contribution >= 4 is 34.0 Å². The lowest BCUT2D eigenvalue weighted by atomic mass is 9.90. The zero-order valence-electron chi connectivity index (χ0n) is 13.6. The van der Waals surface area contributed by atoms with E-state index in [9.17, 15) is 4.79 Å². The number of nitrogens with one attached hydrogen (secondary N) is 1. The van der Waals surface area contributed by atoms with Gasteiger partial charge >= 0.3 is 0 Å². The average molecular weight is 369 g/mol. The van der Waals surface area contributed by atoms with E-state index in [4.69, 9.17) is 11.6 Å². The summed E-state index contributed by atoms with van der Waals surface area (Å²) < 4.78 is 0. The highest BCUT2D eigenvalue weighted by Gasteiger charge is 2.13. The second-order valence-electron chi connectivity index (χ2n) is 6.19. The van der Waals surface area contributed by atoms with E-state index < -0.39 is 0 Å². The minimum Gasteiger partial charge on any atom is -0.298 e. The molecule has 0 unspecified atom stereocenters. The number of nitrogens with zero attached hydrogens (tertiary/aromatic N) is 1. The van der Waals surface area contributed by atoms with Crippen molar-refractivity contribution < 1.29 is 4.79 Å². The number of carbonyl (C=O) groups is 1. The van der Waals surface area contributed by atoms with Gasteiger partial charge in [0.15, 0.2) is 5.13 Å². The van der Waals surface area contributed by atoms with Crippen molar-refractivity contribution in [1.82, 2.24) is 4.98 Å². The van der Waals surface area contributed by atoms with E-state index in [1.54, 1.807) is 24.3 Å². The predicted molar refractivity (Wildman–Crippen MR) is 104 cm³/mol. The van der Waals surface area contributed by atoms with E-state index >= 15 is 0 Å². The van der Waals surface area contributed by atoms with Crippen LogP contribution in [0.1, 0.15) is 34.3 Å². The number of hydrogen-bond acceptors (Lipinski definition) is 3. The summed E-state index contributed by atoms with van der Waals surface area (Å²) in [6.07, 6.45) is 4.86. The quantitative estimate of drug-likeness (QED) is 0.654. The van der Waals surface area contributed by atoms with Crippen LogP contribution in [0, 0.1) is 0 Å². The highest BCUT2D eigenvalue weighted by atomic mass is 35.5. The zero-order valence-corrected chi connectivity index (χ0v) is 15.2. The normalized spacial score (nSPS) is 13.3. The summed E-state index contributed by atoms with van der Waals surface area (Å²) in [4.78, 5) is 16.8. The molecule has 1 amide bonds. The average Bonchev–Trinajstić information content (AvgIpc) is 3.10. The van der Waals surface area contributed by atoms with Crippen LogP contribution in [0.3, 0.4) is 0 Å². The van der Waals surface area contributed by atoms with Crippen LogP contribution in [0.25, 0.3) is 11.3 Å². The summed E-state index contributed by atoms with van der Waals surface area (Å²) in [5.41, 5.74) is 5.48. The van der Waals surface area contributed by atoms with E-state index in [1.807, 2.05) is 5.38 Å². The molecule has 25 heavy (non-hydrogen) atoms. The van der Waals surface area contributed by atoms with Gasteiger partial charge in [-0.05, 0) is 67.1 Å². The fraction of sp³-hybridized carbons (Fsp3) is 0.200. The Hall–Kier alpha value is -2.17. The van der Waals surface area contributed by atoms with Crippen molar-refractivity contribution in [1.29, 1.82) is 0 Å². The van der Waals surface area contributed by atoms with Gasteiger partial charge in [0.2, 0.25) is 0 Å². The maximum atomic E-state index is 12.3. The molecule has 0 atom stereocenters. The minimum absolute atomic E-state index is 0.178. The summed E-state index contributed by atoms with van der Waals surface area (Å²) in [6.45, 7) is 0. The summed E-state index contributed by atoms with van der Waals surface area (Å²) >= 11 is 7.29. The first kappa shape index (κ1) is 16.3. The molecule has 0 aliphatic heterocycles. The molecule has 5 heteroatoms. The molecule has 0 bridgehead atoms. The Bertz CT molecular complexity index is 918. The lowest BCUT2D eigenvalue weighted by Crippen LogP contribution is -2.11. The molecule has 0 saturated heterocycles. The number of aromatic nitrogens is 1. The lowest BCUT2D eigenvalue weighted by Gasteiger charge is -2.16. The van der Waals surface area contributed by atoms with Crippen LogP contribution < -0.4 is 5.32 Å². The number of hydrogen-bond donors (Lipinski definition) is 1. The molecule has 0 saturated carbocycles. The van der Waals surface area contributed by atoms with Gasteiger partial charge < -0.3 is 0 Å². The van der Waals surface area contributed by atoms with Gasteiger partial charge in [0.25, 0.3) is 5.91 Å². The molecular weight excluding hydrogens is 352 g/mol. The number of aryl methyl sites for hydroxylation is 2. The molecule has 2 aromatic carbocycles. The van der Waals surface area contributed by atoms with Crippen LogP contribution in [0.4, 0.5) is 5.13 Å². The Balaban J connectivity index is 1.52. The first-order valence-corrected chi connectivity index (χ1v) is 9.59. The molecule has 1 N–H and O–H groups in total. The van der Waals surface area contributed by atoms with Gasteiger partial charge in [-0.3, -0.25) is 10.1 Å². The van der Waals surface area contributed by atoms with Gasteiger partial charge in [-0.2, -0.15) is 0 Å². The number of carbonyl (C=O) groups excluding carboxylic acids is 1. The number of fused-ring (bicyclic) bond motifs is 1. The number of amides is 1. The van der Waals surface area contributed by atoms with Gasteiger partial charge in [-0.1, -0.05) is 23.7 Å². The molecule has 0 radical (unpaired) electrons. The van der Waals surface area contributed by atoms with E-state index in [0.717, 1.165) is 17.7 Å². The van der Waals surface area contributed by atoms with E-state index in [0.29, 0.717) is 15.7 Å². The van der Waals surface area contributed by atoms with Crippen LogP contribution in [-0.2, 0) is 12.8 Å². The highest BCUT2D eigenvalue weighted by molar-refractivity contribution is 7.14. The maximum absolute atomic E-state index is 12.3. The smallest absolute Gasteiger partial charge is 0.257 e. The van der Waals surface area contributed by atoms with Gasteiger partial charge in [0.05, 0.1) is 5.69 Å². The van der Waals surface area contributed by atoms with Crippen molar-refractivity contribution in [2.24, 2.45) is 0 Å². The SMILES string of the molecule is O=C(Nc1nc(-c2ccc3c(c2)CCCC3)cs1)c1ccc(Cl)cc1. The molecule has 3 nitrogen and oxygen atoms in total. The van der Waals surface area contributed by atoms with Crippen LogP contribution >= 0.6 is 22.9 Å². The highest BCUT2D eigenvalue weighted by Crippen LogP contribution is 2.29. The number of halogens is 1. The van der Waals surface area contributed by atoms with Crippen LogP contribution in [-0.4, -0.2) is 10.9 Å². The molecule has 1 aliphatic rings. The second-order valence-corrected chi connectivity index (χ2v) is 7.48. The van der Waals surface area contributed by atoms with Gasteiger partial charge in [0, 0.05) is 21.5 Å². The molecule has 1 aliphatic carbocycles. The Morgan fingerprint density at radius 2 is 1.80 bits per heavy atom. The number of anilines is 1. The van der Waals surface area contributed by atoms with Crippen molar-refractivity contribution in [2.45, 2.75) is 25.7 Å². The summed E-state index contributed by atoms with van der Waals surface area (Å²) in [6, 6.07) is 13.4. The fourth-order valence-electron chi connectivity index (χ4n) is 3.13. The summed E-state index contributed by atoms with van der Waals surface area (Å²) in [5, 5.41) is 6.06. The Labute approximate surface area is 155 Å². The van der Waals surface area contributed by atoms with Crippen LogP contribution in [0.5, 0.6) is 0 Å². The second kappa shape index (κ2) is 6.98. The first-order valence-electron chi connectivity index (χ1n) is 8.34. The molecule has 126 valence electrons. The van der Waals surface area contributed by atoms with Crippen molar-refractivity contribution in [3.8, 4) is 11.3 Å². The standard InChI is InChI=1S/C20H17ClN2OS/c21-17-9-7-14(8-10-17)19(24)23-20-22-18(12-25-20)16-6-5-13-3-1-2-4-15(13)11-16/h5-12H,1-4H2,(H,22,23,24). The zero-order chi connectivity index (χ0) is 17.2. The number of rotatable bonds is 3. The largest absolute Gasteiger partial charge is 0.298 e. The number of thiazole rings is 1. The summed E-state index contributed by atoms with van der Waals surface area (Å²) in [5.74, 6) is -0.178. The number of benzene rings is 2. The van der Waals surface area contributed by atoms with E-state index in [2.05, 4.69) is 28.5 Å². The first-order chi connectivity index (χ1) is 12.2. The topological polar surface area (TPSA) is 42.0 Å². The Morgan fingerprint density at radius 1 is 1.04 bits per heavy atom. The minimum atomic E-state index is -0.178. The van der Waals surface area contributed by atoms with Crippen LogP contribution in [0.2, 0.25) is 5.02 Å². The van der Waals surface area contributed by atoms with Crippen LogP contribution in [0.15, 0.2) is 47.8 Å².